The first-order valence-electron chi connectivity index (χ1n) is 7.21. The van der Waals surface area contributed by atoms with Gasteiger partial charge in [-0.15, -0.1) is 0 Å². The van der Waals surface area contributed by atoms with Gasteiger partial charge in [-0.25, -0.2) is 9.97 Å². The fraction of sp³-hybridized carbons (Fsp3) is 0.375. The van der Waals surface area contributed by atoms with Crippen LogP contribution in [0.2, 0.25) is 0 Å². The average molecular weight is 268 g/mol. The first kappa shape index (κ1) is 13.1. The Morgan fingerprint density at radius 1 is 1.20 bits per heavy atom. The summed E-state index contributed by atoms with van der Waals surface area (Å²) in [6.07, 6.45) is 4.85. The molecule has 1 aliphatic rings. The summed E-state index contributed by atoms with van der Waals surface area (Å²) in [5.41, 5.74) is 2.51. The fourth-order valence-electron chi connectivity index (χ4n) is 2.53. The third-order valence-corrected chi connectivity index (χ3v) is 3.76. The minimum absolute atomic E-state index is 0.347. The molecule has 0 saturated carbocycles. The van der Waals surface area contributed by atoms with E-state index in [2.05, 4.69) is 57.4 Å². The number of piperazine rings is 1. The second-order valence-electron chi connectivity index (χ2n) is 5.11. The number of hydrogen-bond donors (Lipinski definition) is 1. The van der Waals surface area contributed by atoms with Crippen molar-refractivity contribution >= 4 is 5.95 Å². The molecule has 4 heteroatoms. The smallest absolute Gasteiger partial charge is 0.225 e. The van der Waals surface area contributed by atoms with Crippen molar-refractivity contribution in [1.82, 2.24) is 15.3 Å². The van der Waals surface area contributed by atoms with Crippen LogP contribution in [0.4, 0.5) is 5.95 Å². The quantitative estimate of drug-likeness (QED) is 0.926. The van der Waals surface area contributed by atoms with Gasteiger partial charge in [0.05, 0.1) is 0 Å². The molecule has 1 fully saturated rings. The number of aryl methyl sites for hydroxylation is 1. The lowest BCUT2D eigenvalue weighted by molar-refractivity contribution is 0.467. The molecule has 1 atom stereocenters. The average Bonchev–Trinajstić information content (AvgIpc) is 2.56. The molecular formula is C16H20N4. The standard InChI is InChI=1S/C16H20N4/c1-2-13-10-18-16(19-11-13)20-9-8-17-15(12-20)14-6-4-3-5-7-14/h3-7,10-11,15,17H,2,8-9,12H2,1H3/t15-/m0/s1. The number of nitrogens with one attached hydrogen (secondary N) is 1. The summed E-state index contributed by atoms with van der Waals surface area (Å²) in [5, 5.41) is 3.56. The van der Waals surface area contributed by atoms with Crippen molar-refractivity contribution in [1.29, 1.82) is 0 Å². The van der Waals surface area contributed by atoms with Crippen LogP contribution in [0.3, 0.4) is 0 Å². The summed E-state index contributed by atoms with van der Waals surface area (Å²) in [5.74, 6) is 0.838. The van der Waals surface area contributed by atoms with Crippen molar-refractivity contribution in [3.63, 3.8) is 0 Å². The Labute approximate surface area is 119 Å². The van der Waals surface area contributed by atoms with Crippen LogP contribution in [-0.2, 0) is 6.42 Å². The highest BCUT2D eigenvalue weighted by Gasteiger charge is 2.22. The number of nitrogens with zero attached hydrogens (tertiary/aromatic N) is 3. The second kappa shape index (κ2) is 6.01. The van der Waals surface area contributed by atoms with Gasteiger partial charge in [0, 0.05) is 38.1 Å². The predicted molar refractivity (Wildman–Crippen MR) is 80.8 cm³/mol. The maximum absolute atomic E-state index is 4.49. The highest BCUT2D eigenvalue weighted by atomic mass is 15.3. The van der Waals surface area contributed by atoms with Crippen LogP contribution in [0.25, 0.3) is 0 Å². The van der Waals surface area contributed by atoms with Crippen molar-refractivity contribution in [3.05, 3.63) is 53.9 Å². The van der Waals surface area contributed by atoms with Crippen molar-refractivity contribution < 1.29 is 0 Å². The summed E-state index contributed by atoms with van der Waals surface area (Å²) in [6.45, 7) is 4.94. The van der Waals surface area contributed by atoms with Crippen molar-refractivity contribution in [2.45, 2.75) is 19.4 Å². The molecule has 1 N–H and O–H groups in total. The first-order valence-corrected chi connectivity index (χ1v) is 7.21. The van der Waals surface area contributed by atoms with Gasteiger partial charge in [0.2, 0.25) is 5.95 Å². The molecule has 3 rings (SSSR count). The predicted octanol–water partition coefficient (Wildman–Crippen LogP) is 2.19. The maximum Gasteiger partial charge on any atom is 0.225 e. The Hall–Kier alpha value is -1.94. The summed E-state index contributed by atoms with van der Waals surface area (Å²) in [6, 6.07) is 10.9. The van der Waals surface area contributed by atoms with Gasteiger partial charge in [-0.1, -0.05) is 37.3 Å². The van der Waals surface area contributed by atoms with Gasteiger partial charge >= 0.3 is 0 Å². The van der Waals surface area contributed by atoms with E-state index in [4.69, 9.17) is 0 Å². The second-order valence-corrected chi connectivity index (χ2v) is 5.11. The van der Waals surface area contributed by atoms with E-state index in [1.807, 2.05) is 12.4 Å². The molecule has 1 saturated heterocycles. The molecule has 20 heavy (non-hydrogen) atoms. The Morgan fingerprint density at radius 2 is 1.95 bits per heavy atom. The van der Waals surface area contributed by atoms with Gasteiger partial charge in [-0.05, 0) is 17.5 Å². The van der Waals surface area contributed by atoms with Crippen molar-refractivity contribution in [2.24, 2.45) is 0 Å². The highest BCUT2D eigenvalue weighted by molar-refractivity contribution is 5.33. The summed E-state index contributed by atoms with van der Waals surface area (Å²) in [4.78, 5) is 11.2. The number of anilines is 1. The monoisotopic (exact) mass is 268 g/mol. The molecule has 0 aliphatic carbocycles. The summed E-state index contributed by atoms with van der Waals surface area (Å²) < 4.78 is 0. The number of rotatable bonds is 3. The van der Waals surface area contributed by atoms with E-state index < -0.39 is 0 Å². The molecule has 0 unspecified atom stereocenters. The lowest BCUT2D eigenvalue weighted by Gasteiger charge is -2.34. The third kappa shape index (κ3) is 2.80. The number of aromatic nitrogens is 2. The molecule has 1 aromatic heterocycles. The molecule has 1 aromatic carbocycles. The zero-order valence-electron chi connectivity index (χ0n) is 11.8. The molecule has 0 radical (unpaired) electrons. The molecule has 2 heterocycles. The SMILES string of the molecule is CCc1cnc(N2CCN[C@H](c3ccccc3)C2)nc1. The fourth-order valence-corrected chi connectivity index (χ4v) is 2.53. The Bertz CT molecular complexity index is 538. The Balaban J connectivity index is 1.74. The molecule has 2 aromatic rings. The van der Waals surface area contributed by atoms with E-state index in [1.165, 1.54) is 11.1 Å². The van der Waals surface area contributed by atoms with Gasteiger partial charge in [0.15, 0.2) is 0 Å². The van der Waals surface area contributed by atoms with E-state index >= 15 is 0 Å². The molecule has 0 bridgehead atoms. The van der Waals surface area contributed by atoms with Gasteiger partial charge < -0.3 is 10.2 Å². The van der Waals surface area contributed by atoms with Gasteiger partial charge in [-0.2, -0.15) is 0 Å². The zero-order chi connectivity index (χ0) is 13.8. The van der Waals surface area contributed by atoms with Crippen LogP contribution in [-0.4, -0.2) is 29.6 Å². The molecule has 4 nitrogen and oxygen atoms in total. The van der Waals surface area contributed by atoms with Crippen molar-refractivity contribution in [3.8, 4) is 0 Å². The zero-order valence-corrected chi connectivity index (χ0v) is 11.8. The lowest BCUT2D eigenvalue weighted by Crippen LogP contribution is -2.46. The minimum atomic E-state index is 0.347. The first-order chi connectivity index (χ1) is 9.86. The van der Waals surface area contributed by atoms with Crippen LogP contribution >= 0.6 is 0 Å². The lowest BCUT2D eigenvalue weighted by atomic mass is 10.1. The van der Waals surface area contributed by atoms with E-state index in [-0.39, 0.29) is 0 Å². The Morgan fingerprint density at radius 3 is 2.65 bits per heavy atom. The van der Waals surface area contributed by atoms with E-state index in [9.17, 15) is 0 Å². The third-order valence-electron chi connectivity index (χ3n) is 3.76. The maximum atomic E-state index is 4.49. The van der Waals surface area contributed by atoms with E-state index in [0.29, 0.717) is 6.04 Å². The topological polar surface area (TPSA) is 41.1 Å². The molecule has 1 aliphatic heterocycles. The normalized spacial score (nSPS) is 19.1. The van der Waals surface area contributed by atoms with E-state index in [0.717, 1.165) is 32.0 Å². The molecule has 0 amide bonds. The van der Waals surface area contributed by atoms with Crippen LogP contribution in [0.5, 0.6) is 0 Å². The van der Waals surface area contributed by atoms with Gasteiger partial charge in [-0.3, -0.25) is 0 Å². The number of benzene rings is 1. The number of hydrogen-bond acceptors (Lipinski definition) is 4. The van der Waals surface area contributed by atoms with Crippen LogP contribution in [0.15, 0.2) is 42.7 Å². The van der Waals surface area contributed by atoms with Gasteiger partial charge in [0.1, 0.15) is 0 Å². The summed E-state index contributed by atoms with van der Waals surface area (Å²) in [7, 11) is 0. The summed E-state index contributed by atoms with van der Waals surface area (Å²) >= 11 is 0. The largest absolute Gasteiger partial charge is 0.338 e. The minimum Gasteiger partial charge on any atom is -0.338 e. The van der Waals surface area contributed by atoms with Crippen LogP contribution in [0, 0.1) is 0 Å². The van der Waals surface area contributed by atoms with Crippen LogP contribution < -0.4 is 10.2 Å². The Kier molecular flexibility index (Phi) is 3.92. The molecule has 0 spiro atoms. The van der Waals surface area contributed by atoms with E-state index in [1.54, 1.807) is 0 Å². The van der Waals surface area contributed by atoms with Crippen LogP contribution in [0.1, 0.15) is 24.1 Å². The molecule has 104 valence electrons. The van der Waals surface area contributed by atoms with Gasteiger partial charge in [0.25, 0.3) is 0 Å². The highest BCUT2D eigenvalue weighted by Crippen LogP contribution is 2.19. The van der Waals surface area contributed by atoms with Crippen molar-refractivity contribution in [2.75, 3.05) is 24.5 Å². The molecular weight excluding hydrogens is 248 g/mol.